The Hall–Kier alpha value is -3.43. The van der Waals surface area contributed by atoms with Crippen molar-refractivity contribution < 1.29 is 9.18 Å². The van der Waals surface area contributed by atoms with Crippen LogP contribution in [0.4, 0.5) is 21.7 Å². The van der Waals surface area contributed by atoms with Crippen LogP contribution in [0.2, 0.25) is 0 Å². The number of halogens is 1. The van der Waals surface area contributed by atoms with Crippen LogP contribution >= 0.6 is 0 Å². The highest BCUT2D eigenvalue weighted by Crippen LogP contribution is 2.29. The van der Waals surface area contributed by atoms with E-state index in [9.17, 15) is 4.39 Å². The molecule has 2 N–H and O–H groups in total. The first-order chi connectivity index (χ1) is 17.6. The summed E-state index contributed by atoms with van der Waals surface area (Å²) in [5.41, 5.74) is 2.44. The Kier molecular flexibility index (Phi) is 8.91. The van der Waals surface area contributed by atoms with Crippen LogP contribution in [-0.4, -0.2) is 72.5 Å². The Morgan fingerprint density at radius 1 is 1.11 bits per heavy atom. The van der Waals surface area contributed by atoms with Crippen molar-refractivity contribution in [1.82, 2.24) is 25.2 Å². The van der Waals surface area contributed by atoms with Crippen LogP contribution in [0.25, 0.3) is 11.3 Å². The number of piperidine rings is 1. The number of likely N-dealkylation sites (N-methyl/N-ethyl adjacent to an activating group) is 1. The van der Waals surface area contributed by atoms with Gasteiger partial charge in [0.05, 0.1) is 5.69 Å². The van der Waals surface area contributed by atoms with Gasteiger partial charge in [-0.15, -0.1) is 0 Å². The van der Waals surface area contributed by atoms with Gasteiger partial charge in [-0.25, -0.2) is 19.3 Å². The predicted octanol–water partition coefficient (Wildman–Crippen LogP) is 3.85. The molecule has 2 aliphatic rings. The van der Waals surface area contributed by atoms with E-state index in [-0.39, 0.29) is 11.7 Å². The quantitative estimate of drug-likeness (QED) is 0.521. The normalized spacial score (nSPS) is 18.2. The third-order valence-corrected chi connectivity index (χ3v) is 6.31. The molecule has 0 radical (unpaired) electrons. The molecule has 190 valence electrons. The molecule has 0 aliphatic carbocycles. The number of nitrogens with one attached hydrogen (secondary N) is 2. The monoisotopic (exact) mass is 491 g/mol. The summed E-state index contributed by atoms with van der Waals surface area (Å²) in [6.45, 7) is 7.35. The Bertz CT molecular complexity index is 1140. The highest BCUT2D eigenvalue weighted by molar-refractivity contribution is 5.66. The molecule has 36 heavy (non-hydrogen) atoms. The van der Waals surface area contributed by atoms with Crippen LogP contribution in [0, 0.1) is 5.82 Å². The molecule has 2 fully saturated rings. The number of aromatic nitrogens is 3. The molecule has 0 bridgehead atoms. The van der Waals surface area contributed by atoms with Crippen molar-refractivity contribution in [3.63, 3.8) is 0 Å². The number of rotatable bonds is 5. The van der Waals surface area contributed by atoms with E-state index >= 15 is 0 Å². The highest BCUT2D eigenvalue weighted by atomic mass is 19.1. The van der Waals surface area contributed by atoms with E-state index in [1.54, 1.807) is 6.07 Å². The first kappa shape index (κ1) is 25.7. The topological polar surface area (TPSA) is 86.3 Å². The first-order valence-corrected chi connectivity index (χ1v) is 12.5. The zero-order valence-electron chi connectivity index (χ0n) is 21.0. The molecule has 9 heteroatoms. The van der Waals surface area contributed by atoms with Crippen molar-refractivity contribution in [2.45, 2.75) is 25.7 Å². The lowest BCUT2D eigenvalue weighted by Crippen LogP contribution is -2.43. The molecule has 1 aromatic carbocycles. The molecule has 1 atom stereocenters. The minimum absolute atomic E-state index is 0.268. The third-order valence-electron chi connectivity index (χ3n) is 6.31. The average Bonchev–Trinajstić information content (AvgIpc) is 2.90. The van der Waals surface area contributed by atoms with Crippen molar-refractivity contribution in [2.24, 2.45) is 0 Å². The van der Waals surface area contributed by atoms with Crippen LogP contribution in [0.3, 0.4) is 0 Å². The summed E-state index contributed by atoms with van der Waals surface area (Å²) >= 11 is 0. The fourth-order valence-corrected chi connectivity index (χ4v) is 4.57. The fourth-order valence-electron chi connectivity index (χ4n) is 4.57. The molecule has 1 unspecified atom stereocenters. The van der Waals surface area contributed by atoms with Crippen molar-refractivity contribution in [2.75, 3.05) is 56.5 Å². The number of carbonyl (C=O) groups excluding carboxylic acids is 1. The summed E-state index contributed by atoms with van der Waals surface area (Å²) in [6, 6.07) is 12.5. The average molecular weight is 492 g/mol. The maximum absolute atomic E-state index is 13.7. The van der Waals surface area contributed by atoms with Gasteiger partial charge in [-0.05, 0) is 63.7 Å². The molecule has 2 aromatic heterocycles. The standard InChI is InChI=1S/C25H30FN7.C2H4O/c1-32-11-3-4-19(17-32)25-30-22(15-23(31-25)29-21-6-2-5-20(26)14-21)18-7-8-24(28-16-18)33-12-9-27-10-13-33;1-2-3/h2,5-8,14-16,19,27H,3-4,9-13,17H2,1H3,(H,29,30,31);2H,1H3. The van der Waals surface area contributed by atoms with Gasteiger partial charge in [0, 0.05) is 62.2 Å². The number of piperazine rings is 1. The van der Waals surface area contributed by atoms with Gasteiger partial charge in [0.1, 0.15) is 29.6 Å². The fraction of sp³-hybridized carbons (Fsp3) is 0.407. The van der Waals surface area contributed by atoms with Gasteiger partial charge in [0.2, 0.25) is 0 Å². The van der Waals surface area contributed by atoms with Crippen LogP contribution in [0.1, 0.15) is 31.5 Å². The molecule has 0 spiro atoms. The maximum atomic E-state index is 13.7. The lowest BCUT2D eigenvalue weighted by atomic mass is 9.97. The number of hydrogen-bond donors (Lipinski definition) is 2. The van der Waals surface area contributed by atoms with Gasteiger partial charge in [-0.2, -0.15) is 0 Å². The van der Waals surface area contributed by atoms with E-state index in [0.717, 1.165) is 81.3 Å². The Morgan fingerprint density at radius 3 is 2.61 bits per heavy atom. The van der Waals surface area contributed by atoms with Gasteiger partial charge in [0.25, 0.3) is 0 Å². The number of hydrogen-bond acceptors (Lipinski definition) is 8. The van der Waals surface area contributed by atoms with Gasteiger partial charge in [-0.3, -0.25) is 0 Å². The van der Waals surface area contributed by atoms with Crippen LogP contribution < -0.4 is 15.5 Å². The maximum Gasteiger partial charge on any atom is 0.135 e. The molecule has 2 saturated heterocycles. The minimum Gasteiger partial charge on any atom is -0.354 e. The van der Waals surface area contributed by atoms with E-state index in [4.69, 9.17) is 19.7 Å². The Morgan fingerprint density at radius 2 is 1.92 bits per heavy atom. The molecule has 4 heterocycles. The molecular formula is C27H34FN7O. The molecular weight excluding hydrogens is 457 g/mol. The summed E-state index contributed by atoms with van der Waals surface area (Å²) in [6.07, 6.45) is 4.83. The van der Waals surface area contributed by atoms with Crippen LogP contribution in [0.15, 0.2) is 48.7 Å². The summed E-state index contributed by atoms with van der Waals surface area (Å²) in [7, 11) is 2.14. The number of aldehydes is 1. The second-order valence-electron chi connectivity index (χ2n) is 9.11. The third kappa shape index (κ3) is 6.83. The molecule has 0 saturated carbocycles. The summed E-state index contributed by atoms with van der Waals surface area (Å²) in [5, 5.41) is 6.64. The second kappa shape index (κ2) is 12.5. The number of anilines is 3. The lowest BCUT2D eigenvalue weighted by molar-refractivity contribution is -0.106. The number of benzene rings is 1. The van der Waals surface area contributed by atoms with Crippen molar-refractivity contribution in [3.8, 4) is 11.3 Å². The van der Waals surface area contributed by atoms with Crippen molar-refractivity contribution in [3.05, 3.63) is 60.3 Å². The first-order valence-electron chi connectivity index (χ1n) is 12.5. The molecule has 8 nitrogen and oxygen atoms in total. The second-order valence-corrected chi connectivity index (χ2v) is 9.11. The zero-order valence-corrected chi connectivity index (χ0v) is 21.0. The zero-order chi connectivity index (χ0) is 25.3. The van der Waals surface area contributed by atoms with E-state index in [2.05, 4.69) is 39.6 Å². The SMILES string of the molecule is CC=O.CN1CCCC(c2nc(Nc3cccc(F)c3)cc(-c3ccc(N4CCNCC4)nc3)n2)C1. The molecule has 5 rings (SSSR count). The van der Waals surface area contributed by atoms with Gasteiger partial charge in [-0.1, -0.05) is 6.07 Å². The highest BCUT2D eigenvalue weighted by Gasteiger charge is 2.23. The predicted molar refractivity (Wildman–Crippen MR) is 141 cm³/mol. The van der Waals surface area contributed by atoms with E-state index in [0.29, 0.717) is 11.5 Å². The van der Waals surface area contributed by atoms with Gasteiger partial charge < -0.3 is 25.2 Å². The van der Waals surface area contributed by atoms with Crippen LogP contribution in [-0.2, 0) is 4.79 Å². The largest absolute Gasteiger partial charge is 0.354 e. The summed E-state index contributed by atoms with van der Waals surface area (Å²) in [4.78, 5) is 27.9. The minimum atomic E-state index is -0.281. The number of nitrogens with zero attached hydrogens (tertiary/aromatic N) is 5. The van der Waals surface area contributed by atoms with E-state index in [1.165, 1.54) is 19.1 Å². The number of pyridine rings is 1. The Balaban J connectivity index is 0.000000967. The summed E-state index contributed by atoms with van der Waals surface area (Å²) < 4.78 is 13.7. The number of likely N-dealkylation sites (tertiary alicyclic amines) is 1. The number of carbonyl (C=O) groups is 1. The lowest BCUT2D eigenvalue weighted by Gasteiger charge is -2.29. The summed E-state index contributed by atoms with van der Waals surface area (Å²) in [5.74, 6) is 2.46. The van der Waals surface area contributed by atoms with E-state index in [1.807, 2.05) is 18.3 Å². The smallest absolute Gasteiger partial charge is 0.135 e. The van der Waals surface area contributed by atoms with E-state index < -0.39 is 0 Å². The van der Waals surface area contributed by atoms with Crippen molar-refractivity contribution >= 4 is 23.6 Å². The van der Waals surface area contributed by atoms with Gasteiger partial charge in [0.15, 0.2) is 0 Å². The molecule has 2 aliphatic heterocycles. The van der Waals surface area contributed by atoms with Gasteiger partial charge >= 0.3 is 0 Å². The molecule has 3 aromatic rings. The Labute approximate surface area is 212 Å². The molecule has 0 amide bonds. The van der Waals surface area contributed by atoms with Crippen molar-refractivity contribution in [1.29, 1.82) is 0 Å². The van der Waals surface area contributed by atoms with Crippen LogP contribution in [0.5, 0.6) is 0 Å².